The summed E-state index contributed by atoms with van der Waals surface area (Å²) in [6, 6.07) is 17.8. The fraction of sp³-hybridized carbons (Fsp3) is 0.200. The molecule has 0 spiro atoms. The van der Waals surface area contributed by atoms with Crippen molar-refractivity contribution in [2.24, 2.45) is 0 Å². The molecule has 4 rings (SSSR count). The minimum atomic E-state index is 0.183. The topological polar surface area (TPSA) is 34.9 Å². The van der Waals surface area contributed by atoms with E-state index in [-0.39, 0.29) is 11.7 Å². The molecule has 0 unspecified atom stereocenters. The first kappa shape index (κ1) is 15.2. The van der Waals surface area contributed by atoms with Crippen molar-refractivity contribution in [3.63, 3.8) is 0 Å². The first-order chi connectivity index (χ1) is 11.6. The molecule has 1 atom stereocenters. The number of ketones is 1. The second-order valence-electron chi connectivity index (χ2n) is 6.23. The van der Waals surface area contributed by atoms with Crippen LogP contribution in [0.1, 0.15) is 39.6 Å². The summed E-state index contributed by atoms with van der Waals surface area (Å²) in [4.78, 5) is 12.7. The fourth-order valence-electron chi connectivity index (χ4n) is 3.51. The minimum Gasteiger partial charge on any atom is -0.294 e. The van der Waals surface area contributed by atoms with Gasteiger partial charge in [-0.2, -0.15) is 5.10 Å². The van der Waals surface area contributed by atoms with E-state index < -0.39 is 0 Å². The molecular weight excluding hydrogens is 320 g/mol. The Morgan fingerprint density at radius 2 is 1.75 bits per heavy atom. The van der Waals surface area contributed by atoms with E-state index in [1.54, 1.807) is 0 Å². The number of hydrogen-bond acceptors (Lipinski definition) is 2. The molecular formula is C20H17ClN2O. The summed E-state index contributed by atoms with van der Waals surface area (Å²) in [5.41, 5.74) is 4.73. The van der Waals surface area contributed by atoms with Crippen LogP contribution in [0.4, 0.5) is 0 Å². The molecule has 0 N–H and O–H groups in total. The number of hydrogen-bond donors (Lipinski definition) is 0. The van der Waals surface area contributed by atoms with Gasteiger partial charge in [-0.05, 0) is 49.1 Å². The Hall–Kier alpha value is -2.39. The molecule has 0 radical (unpaired) electrons. The number of halogens is 1. The highest BCUT2D eigenvalue weighted by atomic mass is 35.5. The van der Waals surface area contributed by atoms with Gasteiger partial charge < -0.3 is 0 Å². The Bertz CT molecular complexity index is 897. The van der Waals surface area contributed by atoms with Crippen molar-refractivity contribution in [1.29, 1.82) is 0 Å². The Morgan fingerprint density at radius 3 is 2.46 bits per heavy atom. The molecule has 1 aliphatic rings. The van der Waals surface area contributed by atoms with Gasteiger partial charge in [0.1, 0.15) is 0 Å². The third-order valence-electron chi connectivity index (χ3n) is 4.65. The fourth-order valence-corrected chi connectivity index (χ4v) is 3.64. The van der Waals surface area contributed by atoms with E-state index in [4.69, 9.17) is 11.6 Å². The SMILES string of the molecule is Cc1nn(-c2ccc(Cl)cc2)c2c1C(=O)C[C@H](c1ccccc1)C2. The summed E-state index contributed by atoms with van der Waals surface area (Å²) >= 11 is 5.99. The van der Waals surface area contributed by atoms with Crippen LogP contribution in [0.5, 0.6) is 0 Å². The second kappa shape index (κ2) is 5.91. The standard InChI is InChI=1S/C20H17ClN2O/c1-13-20-18(23(22-13)17-9-7-16(21)8-10-17)11-15(12-19(20)24)14-5-3-2-4-6-14/h2-10,15H,11-12H2,1H3/t15-/m1/s1. The number of nitrogens with zero attached hydrogens (tertiary/aromatic N) is 2. The Balaban J connectivity index is 1.80. The molecule has 0 bridgehead atoms. The van der Waals surface area contributed by atoms with Crippen molar-refractivity contribution in [3.8, 4) is 5.69 Å². The third kappa shape index (κ3) is 2.55. The predicted molar refractivity (Wildman–Crippen MR) is 95.1 cm³/mol. The first-order valence-electron chi connectivity index (χ1n) is 8.06. The van der Waals surface area contributed by atoms with Crippen LogP contribution in [0.15, 0.2) is 54.6 Å². The summed E-state index contributed by atoms with van der Waals surface area (Å²) in [7, 11) is 0. The summed E-state index contributed by atoms with van der Waals surface area (Å²) in [5, 5.41) is 5.31. The maximum atomic E-state index is 12.7. The van der Waals surface area contributed by atoms with E-state index in [0.29, 0.717) is 11.4 Å². The minimum absolute atomic E-state index is 0.183. The van der Waals surface area contributed by atoms with Crippen LogP contribution >= 0.6 is 11.6 Å². The molecule has 4 heteroatoms. The number of fused-ring (bicyclic) bond motifs is 1. The molecule has 0 amide bonds. The lowest BCUT2D eigenvalue weighted by Crippen LogP contribution is -2.20. The van der Waals surface area contributed by atoms with Gasteiger partial charge in [0, 0.05) is 11.4 Å². The van der Waals surface area contributed by atoms with Crippen LogP contribution in [0.25, 0.3) is 5.69 Å². The van der Waals surface area contributed by atoms with Crippen LogP contribution in [0, 0.1) is 6.92 Å². The molecule has 2 aromatic carbocycles. The average molecular weight is 337 g/mol. The van der Waals surface area contributed by atoms with Crippen molar-refractivity contribution in [1.82, 2.24) is 9.78 Å². The van der Waals surface area contributed by atoms with Gasteiger partial charge in [0.15, 0.2) is 5.78 Å². The van der Waals surface area contributed by atoms with Gasteiger partial charge in [0.25, 0.3) is 0 Å². The summed E-state index contributed by atoms with van der Waals surface area (Å²) in [6.07, 6.45) is 1.36. The number of Topliss-reactive ketones (excluding diaryl/α,β-unsaturated/α-hetero) is 1. The highest BCUT2D eigenvalue weighted by Crippen LogP contribution is 2.35. The molecule has 1 aliphatic carbocycles. The quantitative estimate of drug-likeness (QED) is 0.677. The summed E-state index contributed by atoms with van der Waals surface area (Å²) < 4.78 is 1.90. The van der Waals surface area contributed by atoms with E-state index in [0.717, 1.165) is 29.1 Å². The van der Waals surface area contributed by atoms with Crippen molar-refractivity contribution >= 4 is 17.4 Å². The molecule has 1 heterocycles. The summed E-state index contributed by atoms with van der Waals surface area (Å²) in [6.45, 7) is 1.91. The van der Waals surface area contributed by atoms with Crippen LogP contribution in [-0.2, 0) is 6.42 Å². The highest BCUT2D eigenvalue weighted by Gasteiger charge is 2.31. The zero-order valence-electron chi connectivity index (χ0n) is 13.4. The number of aromatic nitrogens is 2. The normalized spacial score (nSPS) is 16.9. The van der Waals surface area contributed by atoms with E-state index in [2.05, 4.69) is 17.2 Å². The lowest BCUT2D eigenvalue weighted by molar-refractivity contribution is 0.0963. The maximum absolute atomic E-state index is 12.7. The molecule has 0 saturated heterocycles. The summed E-state index contributed by atoms with van der Waals surface area (Å²) in [5.74, 6) is 0.385. The molecule has 0 aliphatic heterocycles. The van der Waals surface area contributed by atoms with E-state index in [1.165, 1.54) is 5.56 Å². The van der Waals surface area contributed by atoms with Gasteiger partial charge in [-0.3, -0.25) is 4.79 Å². The van der Waals surface area contributed by atoms with Crippen molar-refractivity contribution in [2.45, 2.75) is 25.7 Å². The zero-order valence-corrected chi connectivity index (χ0v) is 14.1. The van der Waals surface area contributed by atoms with Crippen molar-refractivity contribution in [2.75, 3.05) is 0 Å². The van der Waals surface area contributed by atoms with Crippen LogP contribution < -0.4 is 0 Å². The number of carbonyl (C=O) groups is 1. The number of benzene rings is 2. The number of aryl methyl sites for hydroxylation is 1. The van der Waals surface area contributed by atoms with Gasteiger partial charge in [-0.25, -0.2) is 4.68 Å². The van der Waals surface area contributed by atoms with Gasteiger partial charge in [0.05, 0.1) is 22.6 Å². The van der Waals surface area contributed by atoms with E-state index >= 15 is 0 Å². The molecule has 0 fully saturated rings. The van der Waals surface area contributed by atoms with Gasteiger partial charge in [0.2, 0.25) is 0 Å². The van der Waals surface area contributed by atoms with Crippen molar-refractivity contribution in [3.05, 3.63) is 82.1 Å². The third-order valence-corrected chi connectivity index (χ3v) is 4.90. The van der Waals surface area contributed by atoms with Gasteiger partial charge >= 0.3 is 0 Å². The van der Waals surface area contributed by atoms with Gasteiger partial charge in [-0.15, -0.1) is 0 Å². The van der Waals surface area contributed by atoms with E-state index in [9.17, 15) is 4.79 Å². The van der Waals surface area contributed by atoms with Crippen LogP contribution in [-0.4, -0.2) is 15.6 Å². The maximum Gasteiger partial charge on any atom is 0.167 e. The Morgan fingerprint density at radius 1 is 1.04 bits per heavy atom. The Labute approximate surface area is 145 Å². The van der Waals surface area contributed by atoms with Crippen LogP contribution in [0.3, 0.4) is 0 Å². The number of rotatable bonds is 2. The number of carbonyl (C=O) groups excluding carboxylic acids is 1. The molecule has 24 heavy (non-hydrogen) atoms. The second-order valence-corrected chi connectivity index (χ2v) is 6.67. The zero-order chi connectivity index (χ0) is 16.7. The lowest BCUT2D eigenvalue weighted by Gasteiger charge is -2.23. The largest absolute Gasteiger partial charge is 0.294 e. The highest BCUT2D eigenvalue weighted by molar-refractivity contribution is 6.30. The van der Waals surface area contributed by atoms with Crippen LogP contribution in [0.2, 0.25) is 5.02 Å². The molecule has 0 saturated carbocycles. The van der Waals surface area contributed by atoms with Crippen molar-refractivity contribution < 1.29 is 4.79 Å². The Kier molecular flexibility index (Phi) is 3.73. The lowest BCUT2D eigenvalue weighted by atomic mass is 9.81. The molecule has 1 aromatic heterocycles. The van der Waals surface area contributed by atoms with Gasteiger partial charge in [-0.1, -0.05) is 41.9 Å². The molecule has 120 valence electrons. The monoisotopic (exact) mass is 336 g/mol. The molecule has 3 nitrogen and oxygen atoms in total. The average Bonchev–Trinajstić information content (AvgIpc) is 2.93. The first-order valence-corrected chi connectivity index (χ1v) is 8.44. The van der Waals surface area contributed by atoms with E-state index in [1.807, 2.05) is 54.1 Å². The smallest absolute Gasteiger partial charge is 0.167 e. The molecule has 3 aromatic rings. The predicted octanol–water partition coefficient (Wildman–Crippen LogP) is 4.75.